The number of rotatable bonds is 5. The molecule has 9 heteroatoms. The first-order valence-corrected chi connectivity index (χ1v) is 11.0. The van der Waals surface area contributed by atoms with Gasteiger partial charge in [0.1, 0.15) is 13.2 Å². The van der Waals surface area contributed by atoms with Crippen molar-refractivity contribution in [2.45, 2.75) is 19.4 Å². The highest BCUT2D eigenvalue weighted by Crippen LogP contribution is 2.33. The summed E-state index contributed by atoms with van der Waals surface area (Å²) < 4.78 is 16.6. The molecule has 0 spiro atoms. The molecule has 32 heavy (non-hydrogen) atoms. The highest BCUT2D eigenvalue weighted by atomic mass is 35.5. The zero-order valence-corrected chi connectivity index (χ0v) is 18.2. The van der Waals surface area contributed by atoms with E-state index in [0.29, 0.717) is 60.2 Å². The molecule has 1 saturated heterocycles. The summed E-state index contributed by atoms with van der Waals surface area (Å²) in [7, 11) is 0. The van der Waals surface area contributed by atoms with Gasteiger partial charge in [0, 0.05) is 28.9 Å². The zero-order chi connectivity index (χ0) is 21.9. The lowest BCUT2D eigenvalue weighted by Crippen LogP contribution is -2.40. The van der Waals surface area contributed by atoms with Crippen molar-refractivity contribution in [3.8, 4) is 22.9 Å². The molecule has 2 aliphatic heterocycles. The molecule has 3 aromatic rings. The van der Waals surface area contributed by atoms with E-state index < -0.39 is 0 Å². The Morgan fingerprint density at radius 2 is 2.03 bits per heavy atom. The van der Waals surface area contributed by atoms with Gasteiger partial charge in [0.25, 0.3) is 0 Å². The second-order valence-corrected chi connectivity index (χ2v) is 8.38. The SMILES string of the molecule is O=C(Nc1ccc2c(c1)OCCO2)C1CCCN(Cc2nc(-c3cccc(Cl)c3)no2)C1. The fraction of sp³-hybridized carbons (Fsp3) is 0.348. The number of halogens is 1. The molecule has 5 rings (SSSR count). The number of fused-ring (bicyclic) bond motifs is 1. The number of nitrogens with one attached hydrogen (secondary N) is 1. The van der Waals surface area contributed by atoms with Crippen LogP contribution in [0.15, 0.2) is 47.0 Å². The van der Waals surface area contributed by atoms with Crippen LogP contribution in [0.25, 0.3) is 11.4 Å². The highest BCUT2D eigenvalue weighted by Gasteiger charge is 2.27. The molecular formula is C23H23ClN4O4. The van der Waals surface area contributed by atoms with Gasteiger partial charge in [-0.15, -0.1) is 0 Å². The smallest absolute Gasteiger partial charge is 0.241 e. The first-order chi connectivity index (χ1) is 15.6. The van der Waals surface area contributed by atoms with E-state index in [1.165, 1.54) is 0 Å². The number of hydrogen-bond donors (Lipinski definition) is 1. The predicted octanol–water partition coefficient (Wildman–Crippen LogP) is 4.01. The molecule has 0 bridgehead atoms. The van der Waals surface area contributed by atoms with Crippen LogP contribution in [-0.4, -0.2) is 47.3 Å². The van der Waals surface area contributed by atoms with Gasteiger partial charge in [-0.25, -0.2) is 0 Å². The Kier molecular flexibility index (Phi) is 5.96. The second-order valence-electron chi connectivity index (χ2n) is 7.94. The van der Waals surface area contributed by atoms with Gasteiger partial charge in [-0.1, -0.05) is 28.9 Å². The third kappa shape index (κ3) is 4.71. The van der Waals surface area contributed by atoms with Crippen LogP contribution < -0.4 is 14.8 Å². The Balaban J connectivity index is 1.20. The van der Waals surface area contributed by atoms with Gasteiger partial charge < -0.3 is 19.3 Å². The first kappa shape index (κ1) is 20.8. The van der Waals surface area contributed by atoms with Crippen LogP contribution >= 0.6 is 11.6 Å². The van der Waals surface area contributed by atoms with Crippen molar-refractivity contribution in [2.24, 2.45) is 5.92 Å². The molecule has 2 aromatic carbocycles. The molecule has 1 aromatic heterocycles. The lowest BCUT2D eigenvalue weighted by molar-refractivity contribution is -0.121. The molecule has 0 saturated carbocycles. The molecule has 1 atom stereocenters. The zero-order valence-electron chi connectivity index (χ0n) is 17.4. The number of anilines is 1. The maximum absolute atomic E-state index is 12.9. The summed E-state index contributed by atoms with van der Waals surface area (Å²) >= 11 is 6.05. The van der Waals surface area contributed by atoms with Gasteiger partial charge in [0.15, 0.2) is 11.5 Å². The predicted molar refractivity (Wildman–Crippen MR) is 119 cm³/mol. The minimum Gasteiger partial charge on any atom is -0.486 e. The molecule has 166 valence electrons. The van der Waals surface area contributed by atoms with Crippen molar-refractivity contribution >= 4 is 23.2 Å². The lowest BCUT2D eigenvalue weighted by atomic mass is 9.97. The van der Waals surface area contributed by atoms with Gasteiger partial charge in [-0.3, -0.25) is 9.69 Å². The molecule has 2 aliphatic rings. The molecule has 8 nitrogen and oxygen atoms in total. The molecule has 3 heterocycles. The Morgan fingerprint density at radius 3 is 2.91 bits per heavy atom. The van der Waals surface area contributed by atoms with Crippen LogP contribution in [0.1, 0.15) is 18.7 Å². The number of ether oxygens (including phenoxy) is 2. The van der Waals surface area contributed by atoms with Crippen LogP contribution in [0.4, 0.5) is 5.69 Å². The van der Waals surface area contributed by atoms with Gasteiger partial charge >= 0.3 is 0 Å². The largest absolute Gasteiger partial charge is 0.486 e. The van der Waals surface area contributed by atoms with Crippen LogP contribution in [0.2, 0.25) is 5.02 Å². The van der Waals surface area contributed by atoms with E-state index >= 15 is 0 Å². The van der Waals surface area contributed by atoms with E-state index in [1.54, 1.807) is 12.1 Å². The molecule has 0 radical (unpaired) electrons. The van der Waals surface area contributed by atoms with E-state index in [9.17, 15) is 4.79 Å². The average molecular weight is 455 g/mol. The lowest BCUT2D eigenvalue weighted by Gasteiger charge is -2.31. The minimum absolute atomic E-state index is 0.00322. The Labute approximate surface area is 190 Å². The Hall–Kier alpha value is -3.10. The summed E-state index contributed by atoms with van der Waals surface area (Å²) in [5.41, 5.74) is 1.52. The normalized spacial score (nSPS) is 18.3. The van der Waals surface area contributed by atoms with Crippen molar-refractivity contribution in [1.82, 2.24) is 15.0 Å². The maximum atomic E-state index is 12.9. The van der Waals surface area contributed by atoms with Crippen LogP contribution in [0.3, 0.4) is 0 Å². The molecule has 1 amide bonds. The third-order valence-corrected chi connectivity index (χ3v) is 5.83. The molecule has 1 fully saturated rings. The number of nitrogens with zero attached hydrogens (tertiary/aromatic N) is 3. The Morgan fingerprint density at radius 1 is 1.16 bits per heavy atom. The summed E-state index contributed by atoms with van der Waals surface area (Å²) in [5.74, 6) is 2.27. The summed E-state index contributed by atoms with van der Waals surface area (Å²) in [6.07, 6.45) is 1.76. The van der Waals surface area contributed by atoms with Crippen molar-refractivity contribution in [3.05, 3.63) is 53.4 Å². The molecule has 1 N–H and O–H groups in total. The van der Waals surface area contributed by atoms with Crippen LogP contribution in [0.5, 0.6) is 11.5 Å². The van der Waals surface area contributed by atoms with E-state index in [0.717, 1.165) is 24.9 Å². The fourth-order valence-electron chi connectivity index (χ4n) is 4.03. The van der Waals surface area contributed by atoms with E-state index in [2.05, 4.69) is 20.4 Å². The highest BCUT2D eigenvalue weighted by molar-refractivity contribution is 6.30. The average Bonchev–Trinajstić information content (AvgIpc) is 3.28. The quantitative estimate of drug-likeness (QED) is 0.622. The van der Waals surface area contributed by atoms with E-state index in [4.69, 9.17) is 25.6 Å². The third-order valence-electron chi connectivity index (χ3n) is 5.60. The van der Waals surface area contributed by atoms with Crippen molar-refractivity contribution in [3.63, 3.8) is 0 Å². The minimum atomic E-state index is -0.118. The number of carbonyl (C=O) groups is 1. The second kappa shape index (κ2) is 9.18. The summed E-state index contributed by atoms with van der Waals surface area (Å²) in [6, 6.07) is 12.8. The van der Waals surface area contributed by atoms with Crippen LogP contribution in [-0.2, 0) is 11.3 Å². The van der Waals surface area contributed by atoms with Gasteiger partial charge in [-0.2, -0.15) is 4.98 Å². The number of aromatic nitrogens is 2. The number of benzene rings is 2. The van der Waals surface area contributed by atoms with Gasteiger partial charge in [-0.05, 0) is 43.7 Å². The number of carbonyl (C=O) groups excluding carboxylic acids is 1. The summed E-state index contributed by atoms with van der Waals surface area (Å²) in [4.78, 5) is 19.5. The molecule has 0 aliphatic carbocycles. The fourth-order valence-corrected chi connectivity index (χ4v) is 4.22. The van der Waals surface area contributed by atoms with Crippen LogP contribution in [0, 0.1) is 5.92 Å². The number of piperidine rings is 1. The van der Waals surface area contributed by atoms with Gasteiger partial charge in [0.05, 0.1) is 12.5 Å². The summed E-state index contributed by atoms with van der Waals surface area (Å²) in [6.45, 7) is 3.06. The number of hydrogen-bond acceptors (Lipinski definition) is 7. The van der Waals surface area contributed by atoms with E-state index in [1.807, 2.05) is 30.3 Å². The molecular weight excluding hydrogens is 432 g/mol. The molecule has 1 unspecified atom stereocenters. The topological polar surface area (TPSA) is 89.7 Å². The number of likely N-dealkylation sites (tertiary alicyclic amines) is 1. The monoisotopic (exact) mass is 454 g/mol. The Bertz CT molecular complexity index is 1120. The first-order valence-electron chi connectivity index (χ1n) is 10.7. The van der Waals surface area contributed by atoms with Crippen molar-refractivity contribution in [1.29, 1.82) is 0 Å². The van der Waals surface area contributed by atoms with Crippen molar-refractivity contribution < 1.29 is 18.8 Å². The standard InChI is InChI=1S/C23H23ClN4O4/c24-17-5-1-3-15(11-17)22-26-21(32-27-22)14-28-8-2-4-16(13-28)23(29)25-18-6-7-19-20(12-18)31-10-9-30-19/h1,3,5-7,11-12,16H,2,4,8-10,13-14H2,(H,25,29). The van der Waals surface area contributed by atoms with Crippen molar-refractivity contribution in [2.75, 3.05) is 31.6 Å². The van der Waals surface area contributed by atoms with E-state index in [-0.39, 0.29) is 11.8 Å². The van der Waals surface area contributed by atoms with Gasteiger partial charge in [0.2, 0.25) is 17.6 Å². The number of amides is 1. The summed E-state index contributed by atoms with van der Waals surface area (Å²) in [5, 5.41) is 7.70. The maximum Gasteiger partial charge on any atom is 0.241 e.